The molecule has 5 nitrogen and oxygen atoms in total. The molecule has 2 atom stereocenters. The van der Waals surface area contributed by atoms with Crippen LogP contribution in [0.25, 0.3) is 0 Å². The number of aromatic carboxylic acids is 1. The third-order valence-corrected chi connectivity index (χ3v) is 3.90. The van der Waals surface area contributed by atoms with Crippen LogP contribution in [0.15, 0.2) is 24.3 Å². The van der Waals surface area contributed by atoms with Crippen molar-refractivity contribution in [3.63, 3.8) is 0 Å². The minimum Gasteiger partial charge on any atom is -0.478 e. The highest BCUT2D eigenvalue weighted by atomic mass is 16.5. The summed E-state index contributed by atoms with van der Waals surface area (Å²) in [4.78, 5) is 22.8. The largest absolute Gasteiger partial charge is 0.478 e. The Morgan fingerprint density at radius 1 is 1.22 bits per heavy atom. The maximum Gasteiger partial charge on any atom is 0.338 e. The summed E-state index contributed by atoms with van der Waals surface area (Å²) in [6.07, 6.45) is 4.24. The number of hydrogen-bond donors (Lipinski definition) is 2. The molecule has 5 heteroatoms. The Morgan fingerprint density at radius 2 is 1.91 bits per heavy atom. The lowest BCUT2D eigenvalue weighted by atomic mass is 9.93. The standard InChI is InChI=1S/C18H26O5/c1-3-5-7-13(4-2)10-16(19)12-23-18(22)15-9-6-8-14(11-15)17(20)21/h6,8-9,11,13,16,19H,3-5,7,10,12H2,1-2H3,(H,20,21). The van der Waals surface area contributed by atoms with Crippen LogP contribution in [0.1, 0.15) is 66.7 Å². The molecule has 0 spiro atoms. The maximum atomic E-state index is 11.9. The number of carboxylic acids is 1. The molecule has 0 aliphatic heterocycles. The van der Waals surface area contributed by atoms with Crippen molar-refractivity contribution in [2.45, 2.75) is 52.1 Å². The second kappa shape index (κ2) is 10.0. The third kappa shape index (κ3) is 6.82. The number of aliphatic hydroxyl groups is 1. The van der Waals surface area contributed by atoms with Crippen LogP contribution in [0.5, 0.6) is 0 Å². The number of carbonyl (C=O) groups excluding carboxylic acids is 1. The van der Waals surface area contributed by atoms with Gasteiger partial charge in [0, 0.05) is 0 Å². The number of ether oxygens (including phenoxy) is 1. The predicted molar refractivity (Wildman–Crippen MR) is 87.6 cm³/mol. The molecule has 0 saturated heterocycles. The lowest BCUT2D eigenvalue weighted by molar-refractivity contribution is 0.0190. The van der Waals surface area contributed by atoms with Gasteiger partial charge in [-0.1, -0.05) is 45.6 Å². The Bertz CT molecular complexity index is 512. The van der Waals surface area contributed by atoms with Crippen molar-refractivity contribution in [3.8, 4) is 0 Å². The number of unbranched alkanes of at least 4 members (excludes halogenated alkanes) is 1. The number of hydrogen-bond acceptors (Lipinski definition) is 4. The van der Waals surface area contributed by atoms with Crippen LogP contribution in [0.2, 0.25) is 0 Å². The number of benzene rings is 1. The summed E-state index contributed by atoms with van der Waals surface area (Å²) < 4.78 is 5.09. The van der Waals surface area contributed by atoms with Crippen molar-refractivity contribution in [1.29, 1.82) is 0 Å². The van der Waals surface area contributed by atoms with E-state index in [1.54, 1.807) is 0 Å². The summed E-state index contributed by atoms with van der Waals surface area (Å²) in [7, 11) is 0. The maximum absolute atomic E-state index is 11.9. The van der Waals surface area contributed by atoms with E-state index in [0.717, 1.165) is 25.7 Å². The topological polar surface area (TPSA) is 83.8 Å². The minimum absolute atomic E-state index is 0.0330. The lowest BCUT2D eigenvalue weighted by Gasteiger charge is -2.18. The fourth-order valence-corrected chi connectivity index (χ4v) is 2.47. The molecule has 0 fully saturated rings. The zero-order valence-corrected chi connectivity index (χ0v) is 13.8. The zero-order chi connectivity index (χ0) is 17.2. The summed E-state index contributed by atoms with van der Waals surface area (Å²) in [6.45, 7) is 4.16. The van der Waals surface area contributed by atoms with Gasteiger partial charge in [-0.15, -0.1) is 0 Å². The van der Waals surface area contributed by atoms with Crippen LogP contribution in [0, 0.1) is 5.92 Å². The van der Waals surface area contributed by atoms with Crippen LogP contribution < -0.4 is 0 Å². The van der Waals surface area contributed by atoms with Gasteiger partial charge in [-0.2, -0.15) is 0 Å². The highest BCUT2D eigenvalue weighted by Crippen LogP contribution is 2.19. The van der Waals surface area contributed by atoms with Crippen LogP contribution in [-0.4, -0.2) is 34.9 Å². The van der Waals surface area contributed by atoms with Gasteiger partial charge in [0.1, 0.15) is 6.61 Å². The molecule has 0 amide bonds. The van der Waals surface area contributed by atoms with Crippen molar-refractivity contribution < 1.29 is 24.5 Å². The molecule has 1 rings (SSSR count). The smallest absolute Gasteiger partial charge is 0.338 e. The molecule has 23 heavy (non-hydrogen) atoms. The third-order valence-electron chi connectivity index (χ3n) is 3.90. The summed E-state index contributed by atoms with van der Waals surface area (Å²) in [5.74, 6) is -1.28. The van der Waals surface area contributed by atoms with Crippen molar-refractivity contribution in [1.82, 2.24) is 0 Å². The number of rotatable bonds is 10. The van der Waals surface area contributed by atoms with Crippen molar-refractivity contribution in [2.75, 3.05) is 6.61 Å². The van der Waals surface area contributed by atoms with E-state index in [2.05, 4.69) is 13.8 Å². The second-order valence-corrected chi connectivity index (χ2v) is 5.79. The predicted octanol–water partition coefficient (Wildman–Crippen LogP) is 3.51. The number of esters is 1. The van der Waals surface area contributed by atoms with Crippen molar-refractivity contribution >= 4 is 11.9 Å². The molecule has 0 aliphatic rings. The Morgan fingerprint density at radius 3 is 2.52 bits per heavy atom. The van der Waals surface area contributed by atoms with Gasteiger partial charge in [-0.3, -0.25) is 0 Å². The molecule has 2 unspecified atom stereocenters. The van der Waals surface area contributed by atoms with E-state index in [1.807, 2.05) is 0 Å². The highest BCUT2D eigenvalue weighted by Gasteiger charge is 2.16. The molecular formula is C18H26O5. The molecule has 0 aliphatic carbocycles. The minimum atomic E-state index is -1.10. The van der Waals surface area contributed by atoms with Gasteiger partial charge in [-0.05, 0) is 30.5 Å². The van der Waals surface area contributed by atoms with Crippen LogP contribution in [0.4, 0.5) is 0 Å². The first-order valence-corrected chi connectivity index (χ1v) is 8.16. The van der Waals surface area contributed by atoms with E-state index in [1.165, 1.54) is 24.3 Å². The zero-order valence-electron chi connectivity index (χ0n) is 13.8. The molecule has 0 bridgehead atoms. The van der Waals surface area contributed by atoms with E-state index in [4.69, 9.17) is 9.84 Å². The Balaban J connectivity index is 2.48. The van der Waals surface area contributed by atoms with Crippen molar-refractivity contribution in [2.24, 2.45) is 5.92 Å². The van der Waals surface area contributed by atoms with Crippen LogP contribution >= 0.6 is 0 Å². The van der Waals surface area contributed by atoms with Gasteiger partial charge in [0.25, 0.3) is 0 Å². The first-order valence-electron chi connectivity index (χ1n) is 8.16. The van der Waals surface area contributed by atoms with Gasteiger partial charge in [0.15, 0.2) is 0 Å². The first-order chi connectivity index (χ1) is 11.0. The molecular weight excluding hydrogens is 296 g/mol. The number of carboxylic acid groups (broad SMARTS) is 1. The summed E-state index contributed by atoms with van der Waals surface area (Å²) in [5.41, 5.74) is 0.209. The SMILES string of the molecule is CCCCC(CC)CC(O)COC(=O)c1cccc(C(=O)O)c1. The number of aliphatic hydroxyl groups excluding tert-OH is 1. The quantitative estimate of drug-likeness (QED) is 0.644. The Labute approximate surface area is 137 Å². The normalized spacial score (nSPS) is 13.3. The van der Waals surface area contributed by atoms with Gasteiger partial charge >= 0.3 is 11.9 Å². The average molecular weight is 322 g/mol. The number of carbonyl (C=O) groups is 2. The molecule has 0 radical (unpaired) electrons. The van der Waals surface area contributed by atoms with Crippen LogP contribution in [-0.2, 0) is 4.74 Å². The summed E-state index contributed by atoms with van der Waals surface area (Å²) in [5, 5.41) is 18.9. The monoisotopic (exact) mass is 322 g/mol. The fourth-order valence-electron chi connectivity index (χ4n) is 2.47. The first kappa shape index (κ1) is 19.2. The molecule has 0 heterocycles. The molecule has 1 aromatic rings. The summed E-state index contributed by atoms with van der Waals surface area (Å²) in [6, 6.07) is 5.67. The molecule has 1 aromatic carbocycles. The van der Waals surface area contributed by atoms with E-state index >= 15 is 0 Å². The van der Waals surface area contributed by atoms with Gasteiger partial charge in [0.2, 0.25) is 0 Å². The molecule has 0 saturated carbocycles. The molecule has 128 valence electrons. The van der Waals surface area contributed by atoms with E-state index in [9.17, 15) is 14.7 Å². The Kier molecular flexibility index (Phi) is 8.33. The molecule has 2 N–H and O–H groups in total. The van der Waals surface area contributed by atoms with E-state index in [-0.39, 0.29) is 17.7 Å². The van der Waals surface area contributed by atoms with Gasteiger partial charge in [0.05, 0.1) is 17.2 Å². The van der Waals surface area contributed by atoms with Crippen LogP contribution in [0.3, 0.4) is 0 Å². The fraction of sp³-hybridized carbons (Fsp3) is 0.556. The highest BCUT2D eigenvalue weighted by molar-refractivity contribution is 5.94. The molecule has 0 aromatic heterocycles. The van der Waals surface area contributed by atoms with Gasteiger partial charge in [-0.25, -0.2) is 9.59 Å². The lowest BCUT2D eigenvalue weighted by Crippen LogP contribution is -2.22. The summed E-state index contributed by atoms with van der Waals surface area (Å²) >= 11 is 0. The average Bonchev–Trinajstić information content (AvgIpc) is 2.56. The second-order valence-electron chi connectivity index (χ2n) is 5.79. The van der Waals surface area contributed by atoms with Crippen molar-refractivity contribution in [3.05, 3.63) is 35.4 Å². The van der Waals surface area contributed by atoms with E-state index in [0.29, 0.717) is 12.3 Å². The Hall–Kier alpha value is -1.88. The van der Waals surface area contributed by atoms with Gasteiger partial charge < -0.3 is 14.9 Å². The van der Waals surface area contributed by atoms with E-state index < -0.39 is 18.0 Å².